The van der Waals surface area contributed by atoms with Gasteiger partial charge in [-0.25, -0.2) is 4.98 Å². The van der Waals surface area contributed by atoms with Crippen LogP contribution in [0.3, 0.4) is 0 Å². The summed E-state index contributed by atoms with van der Waals surface area (Å²) >= 11 is 3.50. The molecule has 3 nitrogen and oxygen atoms in total. The van der Waals surface area contributed by atoms with E-state index in [1.54, 1.807) is 6.20 Å². The maximum atomic E-state index is 4.53. The van der Waals surface area contributed by atoms with Gasteiger partial charge in [0.1, 0.15) is 5.82 Å². The van der Waals surface area contributed by atoms with Gasteiger partial charge in [0.2, 0.25) is 0 Å². The number of fused-ring (bicyclic) bond motifs is 1. The van der Waals surface area contributed by atoms with Crippen LogP contribution in [-0.2, 0) is 0 Å². The molecule has 94 valence electrons. The predicted molar refractivity (Wildman–Crippen MR) is 81.7 cm³/mol. The summed E-state index contributed by atoms with van der Waals surface area (Å²) in [5.74, 6) is 0.804. The third kappa shape index (κ3) is 2.44. The molecule has 0 aliphatic heterocycles. The van der Waals surface area contributed by atoms with E-state index in [1.165, 1.54) is 0 Å². The van der Waals surface area contributed by atoms with Crippen LogP contribution in [0.15, 0.2) is 53.1 Å². The predicted octanol–water partition coefficient (Wildman–Crippen LogP) is 4.44. The summed E-state index contributed by atoms with van der Waals surface area (Å²) in [4.78, 5) is 8.86. The maximum absolute atomic E-state index is 4.53. The third-order valence-electron chi connectivity index (χ3n) is 2.86. The lowest BCUT2D eigenvalue weighted by atomic mass is 10.1. The smallest absolute Gasteiger partial charge is 0.144 e. The first-order valence-corrected chi connectivity index (χ1v) is 6.77. The minimum absolute atomic E-state index is 0.804. The molecule has 0 bridgehead atoms. The zero-order chi connectivity index (χ0) is 13.2. The number of hydrogen-bond acceptors (Lipinski definition) is 3. The second-order valence-corrected chi connectivity index (χ2v) is 5.14. The highest BCUT2D eigenvalue weighted by Gasteiger charge is 2.06. The second-order valence-electron chi connectivity index (χ2n) is 4.29. The van der Waals surface area contributed by atoms with Crippen LogP contribution in [0.2, 0.25) is 0 Å². The number of pyridine rings is 2. The van der Waals surface area contributed by atoms with Gasteiger partial charge in [0.15, 0.2) is 0 Å². The van der Waals surface area contributed by atoms with Crippen LogP contribution in [0.4, 0.5) is 11.5 Å². The van der Waals surface area contributed by atoms with Gasteiger partial charge in [0.25, 0.3) is 0 Å². The SMILES string of the molecule is Cc1cc(Nc2ncccc2Br)c2ccccc2n1. The maximum Gasteiger partial charge on any atom is 0.144 e. The standard InChI is InChI=1S/C15H12BrN3/c1-10-9-14(11-5-2-3-7-13(11)18-10)19-15-12(16)6-4-8-17-15/h2-9H,1H3,(H,17,18,19). The van der Waals surface area contributed by atoms with E-state index < -0.39 is 0 Å². The average molecular weight is 314 g/mol. The van der Waals surface area contributed by atoms with E-state index in [2.05, 4.69) is 37.3 Å². The summed E-state index contributed by atoms with van der Waals surface area (Å²) in [5, 5.41) is 4.45. The summed E-state index contributed by atoms with van der Waals surface area (Å²) in [6, 6.07) is 14.0. The van der Waals surface area contributed by atoms with Crippen LogP contribution >= 0.6 is 15.9 Å². The summed E-state index contributed by atoms with van der Waals surface area (Å²) in [6.45, 7) is 1.99. The van der Waals surface area contributed by atoms with Gasteiger partial charge in [-0.1, -0.05) is 18.2 Å². The molecule has 0 unspecified atom stereocenters. The molecule has 4 heteroatoms. The molecule has 3 rings (SSSR count). The summed E-state index contributed by atoms with van der Waals surface area (Å²) in [6.07, 6.45) is 1.77. The van der Waals surface area contributed by atoms with Crippen molar-refractivity contribution >= 4 is 38.3 Å². The molecule has 0 spiro atoms. The molecule has 0 saturated heterocycles. The molecule has 0 aliphatic carbocycles. The minimum Gasteiger partial charge on any atom is -0.339 e. The topological polar surface area (TPSA) is 37.8 Å². The molecule has 1 aromatic carbocycles. The van der Waals surface area contributed by atoms with Gasteiger partial charge in [-0.2, -0.15) is 0 Å². The second kappa shape index (κ2) is 4.97. The quantitative estimate of drug-likeness (QED) is 0.759. The highest BCUT2D eigenvalue weighted by molar-refractivity contribution is 9.10. The molecule has 2 heterocycles. The fourth-order valence-electron chi connectivity index (χ4n) is 2.02. The number of aromatic nitrogens is 2. The monoisotopic (exact) mass is 313 g/mol. The zero-order valence-corrected chi connectivity index (χ0v) is 12.0. The van der Waals surface area contributed by atoms with Crippen LogP contribution in [0.5, 0.6) is 0 Å². The minimum atomic E-state index is 0.804. The number of nitrogens with zero attached hydrogens (tertiary/aromatic N) is 2. The molecule has 0 radical (unpaired) electrons. The Kier molecular flexibility index (Phi) is 3.17. The number of nitrogens with one attached hydrogen (secondary N) is 1. The Hall–Kier alpha value is -1.94. The zero-order valence-electron chi connectivity index (χ0n) is 10.4. The first kappa shape index (κ1) is 12.1. The Labute approximate surface area is 119 Å². The van der Waals surface area contributed by atoms with Crippen molar-refractivity contribution in [2.75, 3.05) is 5.32 Å². The number of para-hydroxylation sites is 1. The number of rotatable bonds is 2. The number of hydrogen-bond donors (Lipinski definition) is 1. The van der Waals surface area contributed by atoms with E-state index in [1.807, 2.05) is 43.3 Å². The summed E-state index contributed by atoms with van der Waals surface area (Å²) in [5.41, 5.74) is 2.98. The van der Waals surface area contributed by atoms with Crippen molar-refractivity contribution < 1.29 is 0 Å². The van der Waals surface area contributed by atoms with E-state index in [0.29, 0.717) is 0 Å². The average Bonchev–Trinajstić information content (AvgIpc) is 2.41. The molecule has 1 N–H and O–H groups in total. The Balaban J connectivity index is 2.13. The molecule has 0 aliphatic rings. The van der Waals surface area contributed by atoms with Crippen LogP contribution in [0.25, 0.3) is 10.9 Å². The van der Waals surface area contributed by atoms with Crippen LogP contribution in [0, 0.1) is 6.92 Å². The van der Waals surface area contributed by atoms with Crippen molar-refractivity contribution in [2.45, 2.75) is 6.92 Å². The van der Waals surface area contributed by atoms with Crippen LogP contribution < -0.4 is 5.32 Å². The van der Waals surface area contributed by atoms with Crippen molar-refractivity contribution in [1.82, 2.24) is 9.97 Å². The fourth-order valence-corrected chi connectivity index (χ4v) is 2.37. The van der Waals surface area contributed by atoms with E-state index in [9.17, 15) is 0 Å². The molecular formula is C15H12BrN3. The van der Waals surface area contributed by atoms with Crippen LogP contribution in [0.1, 0.15) is 5.69 Å². The molecule has 0 atom stereocenters. The molecule has 0 fully saturated rings. The molecule has 2 aromatic heterocycles. The van der Waals surface area contributed by atoms with Gasteiger partial charge >= 0.3 is 0 Å². The number of anilines is 2. The number of aryl methyl sites for hydroxylation is 1. The van der Waals surface area contributed by atoms with Crippen molar-refractivity contribution in [3.8, 4) is 0 Å². The number of benzene rings is 1. The third-order valence-corrected chi connectivity index (χ3v) is 3.50. The Morgan fingerprint density at radius 1 is 1.11 bits per heavy atom. The van der Waals surface area contributed by atoms with E-state index >= 15 is 0 Å². The normalized spacial score (nSPS) is 10.6. The van der Waals surface area contributed by atoms with E-state index in [0.717, 1.165) is 32.6 Å². The number of halogens is 1. The van der Waals surface area contributed by atoms with Gasteiger partial charge < -0.3 is 5.32 Å². The molecule has 3 aromatic rings. The Morgan fingerprint density at radius 2 is 1.95 bits per heavy atom. The fraction of sp³-hybridized carbons (Fsp3) is 0.0667. The van der Waals surface area contributed by atoms with Gasteiger partial charge in [-0.3, -0.25) is 4.98 Å². The van der Waals surface area contributed by atoms with Crippen molar-refractivity contribution in [3.63, 3.8) is 0 Å². The van der Waals surface area contributed by atoms with E-state index in [4.69, 9.17) is 0 Å². The molecular weight excluding hydrogens is 302 g/mol. The first-order valence-electron chi connectivity index (χ1n) is 5.98. The highest BCUT2D eigenvalue weighted by Crippen LogP contribution is 2.28. The van der Waals surface area contributed by atoms with Crippen LogP contribution in [-0.4, -0.2) is 9.97 Å². The summed E-state index contributed by atoms with van der Waals surface area (Å²) in [7, 11) is 0. The van der Waals surface area contributed by atoms with Crippen molar-refractivity contribution in [3.05, 3.63) is 58.8 Å². The lowest BCUT2D eigenvalue weighted by Gasteiger charge is -2.11. The Bertz CT molecular complexity index is 740. The van der Waals surface area contributed by atoms with Crippen molar-refractivity contribution in [1.29, 1.82) is 0 Å². The van der Waals surface area contributed by atoms with Gasteiger partial charge in [0.05, 0.1) is 15.7 Å². The lowest BCUT2D eigenvalue weighted by molar-refractivity contribution is 1.24. The van der Waals surface area contributed by atoms with E-state index in [-0.39, 0.29) is 0 Å². The van der Waals surface area contributed by atoms with Gasteiger partial charge in [-0.05, 0) is 47.1 Å². The molecule has 0 amide bonds. The molecule has 19 heavy (non-hydrogen) atoms. The largest absolute Gasteiger partial charge is 0.339 e. The van der Waals surface area contributed by atoms with Gasteiger partial charge in [0, 0.05) is 17.3 Å². The van der Waals surface area contributed by atoms with Crippen molar-refractivity contribution in [2.24, 2.45) is 0 Å². The Morgan fingerprint density at radius 3 is 2.79 bits per heavy atom. The summed E-state index contributed by atoms with van der Waals surface area (Å²) < 4.78 is 0.938. The molecule has 0 saturated carbocycles. The highest BCUT2D eigenvalue weighted by atomic mass is 79.9. The first-order chi connectivity index (χ1) is 9.24. The van der Waals surface area contributed by atoms with Gasteiger partial charge in [-0.15, -0.1) is 0 Å². The lowest BCUT2D eigenvalue weighted by Crippen LogP contribution is -1.97.